The normalized spacial score (nSPS) is 12.1. The second-order valence-electron chi connectivity index (χ2n) is 5.77. The number of rotatable bonds is 4. The van der Waals surface area contributed by atoms with Gasteiger partial charge in [-0.25, -0.2) is 8.78 Å². The van der Waals surface area contributed by atoms with Gasteiger partial charge in [-0.1, -0.05) is 32.0 Å². The van der Waals surface area contributed by atoms with Gasteiger partial charge in [-0.3, -0.25) is 0 Å². The lowest BCUT2D eigenvalue weighted by molar-refractivity contribution is 0.505. The molecule has 0 spiro atoms. The molecule has 0 aliphatic rings. The van der Waals surface area contributed by atoms with Crippen LogP contribution in [0.2, 0.25) is 0 Å². The van der Waals surface area contributed by atoms with Gasteiger partial charge >= 0.3 is 0 Å². The van der Waals surface area contributed by atoms with Crippen LogP contribution in [0.25, 0.3) is 0 Å². The zero-order chi connectivity index (χ0) is 17.0. The molecule has 1 atom stereocenters. The van der Waals surface area contributed by atoms with E-state index in [1.807, 2.05) is 31.2 Å². The Hall–Kier alpha value is -2.01. The van der Waals surface area contributed by atoms with E-state index in [9.17, 15) is 8.78 Å². The van der Waals surface area contributed by atoms with Gasteiger partial charge in [0.05, 0.1) is 6.04 Å². The summed E-state index contributed by atoms with van der Waals surface area (Å²) in [7, 11) is 0. The Bertz CT molecular complexity index is 684. The van der Waals surface area contributed by atoms with Crippen molar-refractivity contribution in [1.29, 1.82) is 0 Å². The lowest BCUT2D eigenvalue weighted by Gasteiger charge is -2.18. The minimum Gasteiger partial charge on any atom is -0.356 e. The van der Waals surface area contributed by atoms with Crippen LogP contribution < -0.4 is 10.6 Å². The van der Waals surface area contributed by atoms with Gasteiger partial charge in [0.1, 0.15) is 0 Å². The second-order valence-corrected chi connectivity index (χ2v) is 6.18. The average Bonchev–Trinajstić information content (AvgIpc) is 2.50. The molecule has 2 aromatic carbocycles. The first-order valence-electron chi connectivity index (χ1n) is 7.49. The van der Waals surface area contributed by atoms with Crippen molar-refractivity contribution in [3.8, 4) is 0 Å². The van der Waals surface area contributed by atoms with Crippen LogP contribution in [0.4, 0.5) is 14.5 Å². The maximum Gasteiger partial charge on any atom is 0.171 e. The van der Waals surface area contributed by atoms with E-state index in [1.54, 1.807) is 0 Å². The van der Waals surface area contributed by atoms with Crippen LogP contribution in [0.1, 0.15) is 43.9 Å². The highest BCUT2D eigenvalue weighted by Gasteiger charge is 2.10. The van der Waals surface area contributed by atoms with Crippen molar-refractivity contribution in [2.24, 2.45) is 0 Å². The molecule has 0 heterocycles. The first kappa shape index (κ1) is 17.3. The summed E-state index contributed by atoms with van der Waals surface area (Å²) in [5.41, 5.74) is 2.76. The fraction of sp³-hybridized carbons (Fsp3) is 0.278. The standard InChI is InChI=1S/C18H20F2N2S/c1-11(2)13-4-7-15(8-5-13)22-18(23)21-12(3)14-6-9-16(19)17(20)10-14/h4-12H,1-3H3,(H2,21,22,23)/t12-/m1/s1. The van der Waals surface area contributed by atoms with Gasteiger partial charge in [-0.15, -0.1) is 0 Å². The van der Waals surface area contributed by atoms with Gasteiger partial charge in [0.15, 0.2) is 16.7 Å². The van der Waals surface area contributed by atoms with E-state index >= 15 is 0 Å². The molecule has 0 aliphatic carbocycles. The zero-order valence-electron chi connectivity index (χ0n) is 13.4. The fourth-order valence-corrected chi connectivity index (χ4v) is 2.47. The van der Waals surface area contributed by atoms with E-state index in [0.717, 1.165) is 11.8 Å². The minimum atomic E-state index is -0.862. The maximum absolute atomic E-state index is 13.3. The Balaban J connectivity index is 1.97. The molecule has 0 aliphatic heterocycles. The highest BCUT2D eigenvalue weighted by molar-refractivity contribution is 7.80. The van der Waals surface area contributed by atoms with E-state index in [4.69, 9.17) is 12.2 Å². The molecule has 0 fully saturated rings. The number of hydrogen-bond acceptors (Lipinski definition) is 1. The number of anilines is 1. The van der Waals surface area contributed by atoms with Gasteiger partial charge in [0, 0.05) is 5.69 Å². The lowest BCUT2D eigenvalue weighted by atomic mass is 10.0. The van der Waals surface area contributed by atoms with Crippen LogP contribution >= 0.6 is 12.2 Å². The van der Waals surface area contributed by atoms with Crippen molar-refractivity contribution in [3.63, 3.8) is 0 Å². The molecule has 0 aromatic heterocycles. The molecule has 0 unspecified atom stereocenters. The molecule has 0 bridgehead atoms. The first-order chi connectivity index (χ1) is 10.9. The molecule has 2 nitrogen and oxygen atoms in total. The van der Waals surface area contributed by atoms with Crippen molar-refractivity contribution in [2.75, 3.05) is 5.32 Å². The Morgan fingerprint density at radius 3 is 2.09 bits per heavy atom. The fourth-order valence-electron chi connectivity index (χ4n) is 2.18. The summed E-state index contributed by atoms with van der Waals surface area (Å²) in [6.45, 7) is 6.11. The number of thiocarbonyl (C=S) groups is 1. The predicted molar refractivity (Wildman–Crippen MR) is 94.7 cm³/mol. The topological polar surface area (TPSA) is 24.1 Å². The third-order valence-corrected chi connectivity index (χ3v) is 3.85. The van der Waals surface area contributed by atoms with Gasteiger partial charge < -0.3 is 10.6 Å². The van der Waals surface area contributed by atoms with Crippen molar-refractivity contribution in [1.82, 2.24) is 5.32 Å². The smallest absolute Gasteiger partial charge is 0.171 e. The van der Waals surface area contributed by atoms with Crippen LogP contribution in [0, 0.1) is 11.6 Å². The third-order valence-electron chi connectivity index (χ3n) is 3.63. The van der Waals surface area contributed by atoms with Crippen LogP contribution in [0.5, 0.6) is 0 Å². The van der Waals surface area contributed by atoms with E-state index in [1.165, 1.54) is 17.7 Å². The largest absolute Gasteiger partial charge is 0.356 e. The predicted octanol–water partition coefficient (Wildman–Crippen LogP) is 5.14. The molecule has 2 rings (SSSR count). The van der Waals surface area contributed by atoms with E-state index in [2.05, 4.69) is 24.5 Å². The molecule has 0 saturated heterocycles. The molecule has 5 heteroatoms. The summed E-state index contributed by atoms with van der Waals surface area (Å²) in [5, 5.41) is 6.58. The molecule has 122 valence electrons. The first-order valence-corrected chi connectivity index (χ1v) is 7.90. The second kappa shape index (κ2) is 7.51. The highest BCUT2D eigenvalue weighted by atomic mass is 32.1. The van der Waals surface area contributed by atoms with Crippen molar-refractivity contribution < 1.29 is 8.78 Å². The molecular formula is C18H20F2N2S. The van der Waals surface area contributed by atoms with E-state index in [0.29, 0.717) is 16.6 Å². The average molecular weight is 334 g/mol. The summed E-state index contributed by atoms with van der Waals surface area (Å²) >= 11 is 5.27. The zero-order valence-corrected chi connectivity index (χ0v) is 14.2. The quantitative estimate of drug-likeness (QED) is 0.758. The Morgan fingerprint density at radius 2 is 1.52 bits per heavy atom. The molecule has 0 saturated carbocycles. The summed E-state index contributed by atoms with van der Waals surface area (Å²) in [6.07, 6.45) is 0. The van der Waals surface area contributed by atoms with Gasteiger partial charge in [-0.2, -0.15) is 0 Å². The number of hydrogen-bond donors (Lipinski definition) is 2. The summed E-state index contributed by atoms with van der Waals surface area (Å²) in [4.78, 5) is 0. The maximum atomic E-state index is 13.3. The summed E-state index contributed by atoms with van der Waals surface area (Å²) in [5.74, 6) is -1.24. The summed E-state index contributed by atoms with van der Waals surface area (Å²) < 4.78 is 26.2. The molecular weight excluding hydrogens is 314 g/mol. The van der Waals surface area contributed by atoms with Gasteiger partial charge in [0.25, 0.3) is 0 Å². The molecule has 0 radical (unpaired) electrons. The van der Waals surface area contributed by atoms with E-state index < -0.39 is 11.6 Å². The van der Waals surface area contributed by atoms with Crippen LogP contribution in [-0.4, -0.2) is 5.11 Å². The van der Waals surface area contributed by atoms with Crippen LogP contribution in [0.3, 0.4) is 0 Å². The number of benzene rings is 2. The minimum absolute atomic E-state index is 0.236. The highest BCUT2D eigenvalue weighted by Crippen LogP contribution is 2.18. The Kier molecular flexibility index (Phi) is 5.66. The van der Waals surface area contributed by atoms with Crippen molar-refractivity contribution in [2.45, 2.75) is 32.7 Å². The van der Waals surface area contributed by atoms with E-state index in [-0.39, 0.29) is 6.04 Å². The molecule has 0 amide bonds. The van der Waals surface area contributed by atoms with Gasteiger partial charge in [0.2, 0.25) is 0 Å². The van der Waals surface area contributed by atoms with Crippen LogP contribution in [-0.2, 0) is 0 Å². The molecule has 23 heavy (non-hydrogen) atoms. The van der Waals surface area contributed by atoms with Crippen LogP contribution in [0.15, 0.2) is 42.5 Å². The van der Waals surface area contributed by atoms with Gasteiger partial charge in [-0.05, 0) is 60.5 Å². The lowest BCUT2D eigenvalue weighted by Crippen LogP contribution is -2.30. The molecule has 2 N–H and O–H groups in total. The van der Waals surface area contributed by atoms with Crippen molar-refractivity contribution in [3.05, 3.63) is 65.2 Å². The third kappa shape index (κ3) is 4.73. The number of nitrogens with one attached hydrogen (secondary N) is 2. The monoisotopic (exact) mass is 334 g/mol. The molecule has 2 aromatic rings. The number of halogens is 2. The SMILES string of the molecule is CC(C)c1ccc(NC(=S)N[C@H](C)c2ccc(F)c(F)c2)cc1. The Morgan fingerprint density at radius 1 is 0.913 bits per heavy atom. The van der Waals surface area contributed by atoms with Crippen molar-refractivity contribution >= 4 is 23.0 Å². The summed E-state index contributed by atoms with van der Waals surface area (Å²) in [6, 6.07) is 11.6. The Labute approximate surface area is 140 Å².